The van der Waals surface area contributed by atoms with Crippen LogP contribution in [0, 0.1) is 0 Å². The molecule has 1 fully saturated rings. The molecule has 13 heavy (non-hydrogen) atoms. The first-order valence-corrected chi connectivity index (χ1v) is 5.81. The van der Waals surface area contributed by atoms with Gasteiger partial charge in [0.05, 0.1) is 25.4 Å². The quantitative estimate of drug-likeness (QED) is 0.716. The van der Waals surface area contributed by atoms with E-state index in [2.05, 4.69) is 6.08 Å². The van der Waals surface area contributed by atoms with Gasteiger partial charge in [-0.2, -0.15) is 11.8 Å². The topological polar surface area (TPSA) is 44.5 Å². The van der Waals surface area contributed by atoms with E-state index < -0.39 is 0 Å². The normalized spacial score (nSPS) is 30.8. The highest BCUT2D eigenvalue weighted by Crippen LogP contribution is 2.21. The Hall–Kier alpha value is -0.190. The highest BCUT2D eigenvalue weighted by molar-refractivity contribution is 7.99. The molecule has 2 N–H and O–H groups in total. The Kier molecular flexibility index (Phi) is 3.14. The molecule has 0 radical (unpaired) electrons. The van der Waals surface area contributed by atoms with Gasteiger partial charge in [0, 0.05) is 17.9 Å². The van der Waals surface area contributed by atoms with Gasteiger partial charge < -0.3 is 15.2 Å². The van der Waals surface area contributed by atoms with Gasteiger partial charge in [0.1, 0.15) is 5.76 Å². The summed E-state index contributed by atoms with van der Waals surface area (Å²) in [5, 5.41) is 0. The molecule has 0 aromatic rings. The number of hydrogen-bond acceptors (Lipinski definition) is 4. The molecule has 1 saturated heterocycles. The minimum absolute atomic E-state index is 0.0599. The summed E-state index contributed by atoms with van der Waals surface area (Å²) < 4.78 is 11.0. The van der Waals surface area contributed by atoms with Gasteiger partial charge in [0.25, 0.3) is 0 Å². The number of hydrogen-bond donors (Lipinski definition) is 1. The Balaban J connectivity index is 1.90. The van der Waals surface area contributed by atoms with Crippen molar-refractivity contribution >= 4 is 11.8 Å². The molecular formula is C9H15NO2S. The maximum absolute atomic E-state index is 6.02. The molecule has 4 heteroatoms. The van der Waals surface area contributed by atoms with Gasteiger partial charge in [0.2, 0.25) is 0 Å². The van der Waals surface area contributed by atoms with Crippen LogP contribution >= 0.6 is 11.8 Å². The summed E-state index contributed by atoms with van der Waals surface area (Å²) in [5.41, 5.74) is 6.02. The summed E-state index contributed by atoms with van der Waals surface area (Å²) in [7, 11) is 0. The molecule has 0 aromatic heterocycles. The molecule has 2 aliphatic heterocycles. The third-order valence-corrected chi connectivity index (χ3v) is 3.32. The van der Waals surface area contributed by atoms with Crippen molar-refractivity contribution in [2.75, 3.05) is 24.7 Å². The van der Waals surface area contributed by atoms with E-state index in [0.717, 1.165) is 36.9 Å². The van der Waals surface area contributed by atoms with Gasteiger partial charge in [-0.1, -0.05) is 0 Å². The van der Waals surface area contributed by atoms with Crippen LogP contribution in [0.25, 0.3) is 0 Å². The zero-order chi connectivity index (χ0) is 9.10. The zero-order valence-electron chi connectivity index (χ0n) is 7.57. The average molecular weight is 201 g/mol. The highest BCUT2D eigenvalue weighted by atomic mass is 32.2. The first-order valence-electron chi connectivity index (χ1n) is 4.66. The number of rotatable bonds is 2. The van der Waals surface area contributed by atoms with Gasteiger partial charge >= 0.3 is 0 Å². The summed E-state index contributed by atoms with van der Waals surface area (Å²) >= 11 is 1.90. The third kappa shape index (κ3) is 2.18. The van der Waals surface area contributed by atoms with Crippen LogP contribution in [0.15, 0.2) is 11.8 Å². The van der Waals surface area contributed by atoms with Crippen LogP contribution in [-0.4, -0.2) is 36.9 Å². The second kappa shape index (κ2) is 4.35. The Morgan fingerprint density at radius 2 is 2.46 bits per heavy atom. The molecule has 2 atom stereocenters. The molecule has 0 saturated carbocycles. The van der Waals surface area contributed by atoms with E-state index in [-0.39, 0.29) is 12.1 Å². The third-order valence-electron chi connectivity index (χ3n) is 2.30. The van der Waals surface area contributed by atoms with Gasteiger partial charge in [0.15, 0.2) is 0 Å². The lowest BCUT2D eigenvalue weighted by Crippen LogP contribution is -2.42. The van der Waals surface area contributed by atoms with Crippen molar-refractivity contribution in [1.82, 2.24) is 0 Å². The van der Waals surface area contributed by atoms with E-state index in [9.17, 15) is 0 Å². The van der Waals surface area contributed by atoms with Crippen molar-refractivity contribution in [3.05, 3.63) is 11.8 Å². The van der Waals surface area contributed by atoms with Crippen molar-refractivity contribution in [3.63, 3.8) is 0 Å². The standard InChI is InChI=1S/C9H15NO2S/c10-9(7-2-1-3-11-7)8-6-13-5-4-12-8/h2,8-9H,1,3-6,10H2. The largest absolute Gasteiger partial charge is 0.496 e. The SMILES string of the molecule is NC(C1=CCCO1)C1CSCCO1. The van der Waals surface area contributed by atoms with E-state index >= 15 is 0 Å². The number of thioether (sulfide) groups is 1. The van der Waals surface area contributed by atoms with Gasteiger partial charge in [-0.15, -0.1) is 0 Å². The van der Waals surface area contributed by atoms with Crippen molar-refractivity contribution in [2.24, 2.45) is 5.73 Å². The minimum atomic E-state index is -0.0599. The van der Waals surface area contributed by atoms with Gasteiger partial charge in [-0.3, -0.25) is 0 Å². The summed E-state index contributed by atoms with van der Waals surface area (Å²) in [6.07, 6.45) is 3.21. The summed E-state index contributed by atoms with van der Waals surface area (Å²) in [6.45, 7) is 1.60. The van der Waals surface area contributed by atoms with E-state index in [4.69, 9.17) is 15.2 Å². The number of ether oxygens (including phenoxy) is 2. The van der Waals surface area contributed by atoms with Gasteiger partial charge in [-0.25, -0.2) is 0 Å². The average Bonchev–Trinajstić information content (AvgIpc) is 2.71. The molecule has 0 spiro atoms. The van der Waals surface area contributed by atoms with Crippen molar-refractivity contribution < 1.29 is 9.47 Å². The molecule has 0 bridgehead atoms. The Bertz CT molecular complexity index is 202. The van der Waals surface area contributed by atoms with Crippen LogP contribution in [0.3, 0.4) is 0 Å². The zero-order valence-corrected chi connectivity index (χ0v) is 8.39. The fourth-order valence-corrected chi connectivity index (χ4v) is 2.48. The van der Waals surface area contributed by atoms with Crippen LogP contribution in [-0.2, 0) is 9.47 Å². The lowest BCUT2D eigenvalue weighted by Gasteiger charge is -2.27. The summed E-state index contributed by atoms with van der Waals surface area (Å²) in [5.74, 6) is 3.00. The molecular weight excluding hydrogens is 186 g/mol. The van der Waals surface area contributed by atoms with Crippen LogP contribution in [0.5, 0.6) is 0 Å². The molecule has 2 rings (SSSR count). The van der Waals surface area contributed by atoms with Crippen LogP contribution in [0.1, 0.15) is 6.42 Å². The lowest BCUT2D eigenvalue weighted by atomic mass is 10.1. The Morgan fingerprint density at radius 1 is 1.54 bits per heavy atom. The molecule has 2 unspecified atom stereocenters. The summed E-state index contributed by atoms with van der Waals surface area (Å²) in [6, 6.07) is -0.0599. The Labute approximate surface area is 82.6 Å². The maximum atomic E-state index is 6.02. The summed E-state index contributed by atoms with van der Waals surface area (Å²) in [4.78, 5) is 0. The van der Waals surface area contributed by atoms with E-state index in [0.29, 0.717) is 0 Å². The van der Waals surface area contributed by atoms with Crippen LogP contribution < -0.4 is 5.73 Å². The van der Waals surface area contributed by atoms with Crippen molar-refractivity contribution in [3.8, 4) is 0 Å². The first kappa shape index (κ1) is 9.37. The number of nitrogens with two attached hydrogens (primary N) is 1. The Morgan fingerprint density at radius 3 is 3.08 bits per heavy atom. The molecule has 3 nitrogen and oxygen atoms in total. The molecule has 0 amide bonds. The smallest absolute Gasteiger partial charge is 0.111 e. The maximum Gasteiger partial charge on any atom is 0.111 e. The second-order valence-electron chi connectivity index (χ2n) is 3.25. The first-order chi connectivity index (χ1) is 6.38. The van der Waals surface area contributed by atoms with E-state index in [1.807, 2.05) is 11.8 Å². The molecule has 0 aliphatic carbocycles. The van der Waals surface area contributed by atoms with E-state index in [1.54, 1.807) is 0 Å². The fourth-order valence-electron chi connectivity index (χ4n) is 1.57. The predicted octanol–water partition coefficient (Wildman–Crippen LogP) is 0.750. The van der Waals surface area contributed by atoms with E-state index in [1.165, 1.54) is 0 Å². The predicted molar refractivity (Wildman–Crippen MR) is 53.7 cm³/mol. The van der Waals surface area contributed by atoms with Gasteiger partial charge in [-0.05, 0) is 6.08 Å². The fraction of sp³-hybridized carbons (Fsp3) is 0.778. The lowest BCUT2D eigenvalue weighted by molar-refractivity contribution is 0.0505. The van der Waals surface area contributed by atoms with Crippen molar-refractivity contribution in [2.45, 2.75) is 18.6 Å². The van der Waals surface area contributed by atoms with Crippen molar-refractivity contribution in [1.29, 1.82) is 0 Å². The van der Waals surface area contributed by atoms with Crippen LogP contribution in [0.2, 0.25) is 0 Å². The highest BCUT2D eigenvalue weighted by Gasteiger charge is 2.26. The molecule has 2 heterocycles. The molecule has 0 aromatic carbocycles. The molecule has 74 valence electrons. The van der Waals surface area contributed by atoms with Crippen LogP contribution in [0.4, 0.5) is 0 Å². The second-order valence-corrected chi connectivity index (χ2v) is 4.40. The minimum Gasteiger partial charge on any atom is -0.496 e. The monoisotopic (exact) mass is 201 g/mol. The molecule has 2 aliphatic rings.